The molecule has 0 aliphatic carbocycles. The molecule has 0 unspecified atom stereocenters. The van der Waals surface area contributed by atoms with Crippen molar-refractivity contribution in [3.8, 4) is 0 Å². The molecule has 0 aromatic carbocycles. The van der Waals surface area contributed by atoms with E-state index in [4.69, 9.17) is 0 Å². The standard InChI is InChI=1S/C3H3N2O.ClH/c6-3-1-2-4-5-3;/h1-2H,(H,5,6);1H. The summed E-state index contributed by atoms with van der Waals surface area (Å²) < 4.78 is 0. The van der Waals surface area contributed by atoms with Crippen LogP contribution in [-0.2, 0) is 4.79 Å². The molecule has 0 aromatic rings. The molecule has 1 amide bonds. The Labute approximate surface area is 47.2 Å². The van der Waals surface area contributed by atoms with Gasteiger partial charge in [0.25, 0.3) is 5.91 Å². The van der Waals surface area contributed by atoms with Crippen LogP contribution in [0.4, 0.5) is 0 Å². The molecular weight excluding hydrogens is 115 g/mol. The van der Waals surface area contributed by atoms with E-state index in [9.17, 15) is 4.79 Å². The van der Waals surface area contributed by atoms with Gasteiger partial charge in [0.2, 0.25) is 0 Å². The number of halogens is 1. The second-order valence-electron chi connectivity index (χ2n) is 0.921. The Kier molecular flexibility index (Phi) is 2.22. The van der Waals surface area contributed by atoms with Gasteiger partial charge in [0.1, 0.15) is 0 Å². The molecule has 0 atom stereocenters. The van der Waals surface area contributed by atoms with E-state index < -0.39 is 0 Å². The predicted octanol–water partition coefficient (Wildman–Crippen LogP) is -0.429. The van der Waals surface area contributed by atoms with Gasteiger partial charge in [-0.15, -0.1) is 12.4 Å². The number of carbonyl (C=O) groups is 1. The topological polar surface area (TPSA) is 43.2 Å². The molecule has 7 heavy (non-hydrogen) atoms. The van der Waals surface area contributed by atoms with Crippen LogP contribution in [0.5, 0.6) is 0 Å². The van der Waals surface area contributed by atoms with Gasteiger partial charge in [-0.25, -0.2) is 5.43 Å². The fraction of sp³-hybridized carbons (Fsp3) is 0. The summed E-state index contributed by atoms with van der Waals surface area (Å²) in [6.07, 6.45) is 2.78. The van der Waals surface area contributed by atoms with Crippen LogP contribution < -0.4 is 10.9 Å². The maximum Gasteiger partial charge on any atom is 0.265 e. The van der Waals surface area contributed by atoms with Gasteiger partial charge in [-0.2, -0.15) is 5.43 Å². The molecule has 0 bridgehead atoms. The maximum atomic E-state index is 9.95. The van der Waals surface area contributed by atoms with E-state index in [1.807, 2.05) is 0 Å². The van der Waals surface area contributed by atoms with Crippen LogP contribution in [0, 0.1) is 0 Å². The number of carbonyl (C=O) groups excluding carboxylic acids is 1. The first-order valence-electron chi connectivity index (χ1n) is 1.56. The maximum absolute atomic E-state index is 9.95. The van der Waals surface area contributed by atoms with Crippen LogP contribution in [-0.4, -0.2) is 5.91 Å². The van der Waals surface area contributed by atoms with Gasteiger partial charge in [0.05, 0.1) is 6.20 Å². The van der Waals surface area contributed by atoms with Crippen LogP contribution in [0.15, 0.2) is 12.3 Å². The molecule has 1 heterocycles. The summed E-state index contributed by atoms with van der Waals surface area (Å²) in [6.45, 7) is 0. The Morgan fingerprint density at radius 3 is 2.57 bits per heavy atom. The Morgan fingerprint density at radius 2 is 2.43 bits per heavy atom. The highest BCUT2D eigenvalue weighted by molar-refractivity contribution is 5.88. The number of rotatable bonds is 0. The first-order valence-corrected chi connectivity index (χ1v) is 1.56. The highest BCUT2D eigenvalue weighted by atomic mass is 35.5. The van der Waals surface area contributed by atoms with Crippen molar-refractivity contribution in [3.05, 3.63) is 12.3 Å². The Hall–Kier alpha value is -0.700. The normalized spacial score (nSPS) is 14.6. The minimum absolute atomic E-state index is 0. The van der Waals surface area contributed by atoms with Crippen molar-refractivity contribution >= 4 is 18.3 Å². The number of nitrogens with one attached hydrogen (secondary N) is 1. The summed E-state index contributed by atoms with van der Waals surface area (Å²) in [6, 6.07) is 0. The number of hydrogen-bond donors (Lipinski definition) is 1. The molecular formula is C3H4ClN2O. The van der Waals surface area contributed by atoms with E-state index >= 15 is 0 Å². The fourth-order valence-corrected chi connectivity index (χ4v) is 0.243. The third-order valence-corrected chi connectivity index (χ3v) is 0.475. The molecule has 39 valence electrons. The molecule has 0 spiro atoms. The number of nitrogens with zero attached hydrogens (tertiary/aromatic N) is 1. The summed E-state index contributed by atoms with van der Waals surface area (Å²) >= 11 is 0. The van der Waals surface area contributed by atoms with Crippen LogP contribution in [0.1, 0.15) is 0 Å². The molecule has 0 saturated heterocycles. The van der Waals surface area contributed by atoms with Crippen LogP contribution >= 0.6 is 12.4 Å². The second-order valence-corrected chi connectivity index (χ2v) is 0.921. The lowest BCUT2D eigenvalue weighted by Crippen LogP contribution is -2.19. The average molecular weight is 120 g/mol. The summed E-state index contributed by atoms with van der Waals surface area (Å²) in [5.41, 5.74) is 5.58. The lowest BCUT2D eigenvalue weighted by molar-refractivity contribution is -0.116. The van der Waals surface area contributed by atoms with Crippen LogP contribution in [0.2, 0.25) is 0 Å². The molecule has 4 heteroatoms. The number of hydrogen-bond acceptors (Lipinski definition) is 1. The number of amides is 1. The van der Waals surface area contributed by atoms with Crippen molar-refractivity contribution < 1.29 is 4.79 Å². The van der Waals surface area contributed by atoms with Crippen molar-refractivity contribution in [2.45, 2.75) is 0 Å². The highest BCUT2D eigenvalue weighted by Crippen LogP contribution is 1.74. The van der Waals surface area contributed by atoms with Gasteiger partial charge in [-0.1, -0.05) is 0 Å². The minimum atomic E-state index is -0.144. The average Bonchev–Trinajstić information content (AvgIpc) is 1.86. The summed E-state index contributed by atoms with van der Waals surface area (Å²) in [7, 11) is 0. The van der Waals surface area contributed by atoms with Gasteiger partial charge < -0.3 is 0 Å². The third kappa shape index (κ3) is 1.45. The lowest BCUT2D eigenvalue weighted by atomic mass is 10.6. The second kappa shape index (κ2) is 2.47. The van der Waals surface area contributed by atoms with Gasteiger partial charge in [-0.3, -0.25) is 4.79 Å². The van der Waals surface area contributed by atoms with Gasteiger partial charge >= 0.3 is 0 Å². The van der Waals surface area contributed by atoms with Gasteiger partial charge in [-0.05, 0) is 0 Å². The summed E-state index contributed by atoms with van der Waals surface area (Å²) in [5.74, 6) is -0.144. The van der Waals surface area contributed by atoms with Crippen LogP contribution in [0.3, 0.4) is 0 Å². The summed E-state index contributed by atoms with van der Waals surface area (Å²) in [4.78, 5) is 9.95. The molecule has 0 saturated carbocycles. The smallest absolute Gasteiger partial charge is 0.265 e. The summed E-state index contributed by atoms with van der Waals surface area (Å²) in [5, 5.41) is 0. The fourth-order valence-electron chi connectivity index (χ4n) is 0.243. The first-order chi connectivity index (χ1) is 2.89. The quantitative estimate of drug-likeness (QED) is 0.462. The van der Waals surface area contributed by atoms with E-state index in [2.05, 4.69) is 10.9 Å². The molecule has 0 aromatic heterocycles. The van der Waals surface area contributed by atoms with Crippen molar-refractivity contribution in [1.29, 1.82) is 0 Å². The Bertz CT molecular complexity index is 101. The van der Waals surface area contributed by atoms with Crippen molar-refractivity contribution in [2.75, 3.05) is 0 Å². The van der Waals surface area contributed by atoms with E-state index in [0.29, 0.717) is 0 Å². The van der Waals surface area contributed by atoms with E-state index in [-0.39, 0.29) is 18.3 Å². The molecule has 1 aliphatic rings. The monoisotopic (exact) mass is 119 g/mol. The molecule has 1 rings (SSSR count). The molecule has 1 N–H and O–H groups in total. The highest BCUT2D eigenvalue weighted by Gasteiger charge is 1.96. The van der Waals surface area contributed by atoms with Gasteiger partial charge in [0, 0.05) is 6.08 Å². The molecule has 0 fully saturated rings. The van der Waals surface area contributed by atoms with Gasteiger partial charge in [0.15, 0.2) is 0 Å². The lowest BCUT2D eigenvalue weighted by Gasteiger charge is -1.80. The zero-order valence-corrected chi connectivity index (χ0v) is 4.23. The van der Waals surface area contributed by atoms with Crippen molar-refractivity contribution in [2.24, 2.45) is 0 Å². The van der Waals surface area contributed by atoms with Crippen molar-refractivity contribution in [3.63, 3.8) is 0 Å². The Morgan fingerprint density at radius 1 is 1.71 bits per heavy atom. The first kappa shape index (κ1) is 6.30. The zero-order valence-electron chi connectivity index (χ0n) is 3.42. The third-order valence-electron chi connectivity index (χ3n) is 0.475. The molecule has 3 nitrogen and oxygen atoms in total. The van der Waals surface area contributed by atoms with E-state index in [1.54, 1.807) is 0 Å². The largest absolute Gasteiger partial charge is 0.268 e. The zero-order chi connectivity index (χ0) is 4.41. The molecule has 1 radical (unpaired) electrons. The predicted molar refractivity (Wildman–Crippen MR) is 26.7 cm³/mol. The SMILES string of the molecule is Cl.O=C1C=C[N]N1. The van der Waals surface area contributed by atoms with E-state index in [1.165, 1.54) is 12.3 Å². The molecule has 1 aliphatic heterocycles. The van der Waals surface area contributed by atoms with Crippen molar-refractivity contribution in [1.82, 2.24) is 10.9 Å². The van der Waals surface area contributed by atoms with E-state index in [0.717, 1.165) is 0 Å². The van der Waals surface area contributed by atoms with Crippen LogP contribution in [0.25, 0.3) is 0 Å². The Balaban J connectivity index is 0.000000360. The minimum Gasteiger partial charge on any atom is -0.268 e.